The third kappa shape index (κ3) is 2.23. The number of rotatable bonds is 2. The molecule has 0 spiro atoms. The van der Waals surface area contributed by atoms with Gasteiger partial charge in [-0.2, -0.15) is 0 Å². The van der Waals surface area contributed by atoms with Crippen LogP contribution in [0.15, 0.2) is 23.8 Å². The van der Waals surface area contributed by atoms with E-state index in [9.17, 15) is 14.0 Å². The Kier molecular flexibility index (Phi) is 3.90. The summed E-state index contributed by atoms with van der Waals surface area (Å²) in [5, 5.41) is 0. The minimum absolute atomic E-state index is 0.221. The average molecular weight is 388 g/mol. The van der Waals surface area contributed by atoms with Gasteiger partial charge in [-0.25, -0.2) is 4.39 Å². The summed E-state index contributed by atoms with van der Waals surface area (Å²) in [4.78, 5) is 24.8. The van der Waals surface area contributed by atoms with Gasteiger partial charge in [0.25, 0.3) is 0 Å². The van der Waals surface area contributed by atoms with Crippen LogP contribution >= 0.6 is 0 Å². The molecule has 0 radical (unpaired) electrons. The van der Waals surface area contributed by atoms with E-state index in [2.05, 4.69) is 19.1 Å². The number of carbonyl (C=O) groups is 2. The zero-order valence-corrected chi connectivity index (χ0v) is 16.9. The van der Waals surface area contributed by atoms with Crippen molar-refractivity contribution in [1.29, 1.82) is 0 Å². The predicted octanol–water partition coefficient (Wildman–Crippen LogP) is 3.94. The molecule has 1 saturated heterocycles. The Labute approximate surface area is 165 Å². The predicted molar refractivity (Wildman–Crippen MR) is 101 cm³/mol. The molecule has 0 aromatic heterocycles. The van der Waals surface area contributed by atoms with Crippen molar-refractivity contribution < 1.29 is 23.5 Å². The lowest BCUT2D eigenvalue weighted by Crippen LogP contribution is -2.59. The summed E-state index contributed by atoms with van der Waals surface area (Å²) < 4.78 is 26.2. The minimum atomic E-state index is -1.19. The number of fused-ring (bicyclic) bond motifs is 7. The first-order valence-electron chi connectivity index (χ1n) is 10.6. The fourth-order valence-electron chi connectivity index (χ4n) is 7.36. The van der Waals surface area contributed by atoms with Gasteiger partial charge in [0.1, 0.15) is 0 Å². The van der Waals surface area contributed by atoms with Gasteiger partial charge in [0.05, 0.1) is 6.10 Å². The summed E-state index contributed by atoms with van der Waals surface area (Å²) in [6.45, 7) is 4.74. The lowest BCUT2D eigenvalue weighted by atomic mass is 9.51. The van der Waals surface area contributed by atoms with Crippen molar-refractivity contribution in [3.05, 3.63) is 23.8 Å². The number of ether oxygens (including phenoxy) is 2. The number of hydrogen-bond donors (Lipinski definition) is 0. The van der Waals surface area contributed by atoms with Crippen LogP contribution in [0.5, 0.6) is 0 Å². The van der Waals surface area contributed by atoms with Crippen LogP contribution in [0.3, 0.4) is 0 Å². The van der Waals surface area contributed by atoms with E-state index >= 15 is 0 Å². The zero-order valence-electron chi connectivity index (χ0n) is 16.9. The smallest absolute Gasteiger partial charge is 0.198 e. The zero-order chi connectivity index (χ0) is 19.9. The third-order valence-electron chi connectivity index (χ3n) is 8.40. The van der Waals surface area contributed by atoms with E-state index in [1.807, 2.05) is 19.9 Å². The van der Waals surface area contributed by atoms with Crippen LogP contribution in [0.4, 0.5) is 4.39 Å². The van der Waals surface area contributed by atoms with Gasteiger partial charge in [-0.3, -0.25) is 9.59 Å². The summed E-state index contributed by atoms with van der Waals surface area (Å²) in [6.07, 6.45) is 9.85. The Morgan fingerprint density at radius 2 is 2.07 bits per heavy atom. The number of allylic oxidation sites excluding steroid dienone is 4. The van der Waals surface area contributed by atoms with Crippen LogP contribution in [0.25, 0.3) is 0 Å². The third-order valence-corrected chi connectivity index (χ3v) is 8.40. The second-order valence-corrected chi connectivity index (χ2v) is 10.1. The van der Waals surface area contributed by atoms with Crippen molar-refractivity contribution >= 4 is 11.6 Å². The van der Waals surface area contributed by atoms with E-state index in [1.54, 1.807) is 0 Å². The van der Waals surface area contributed by atoms with E-state index in [0.29, 0.717) is 24.2 Å². The summed E-state index contributed by atoms with van der Waals surface area (Å²) >= 11 is 0. The van der Waals surface area contributed by atoms with Gasteiger partial charge in [0.15, 0.2) is 29.6 Å². The molecular weight excluding hydrogens is 359 g/mol. The Morgan fingerprint density at radius 1 is 1.29 bits per heavy atom. The van der Waals surface area contributed by atoms with Crippen molar-refractivity contribution in [1.82, 2.24) is 0 Å². The summed E-state index contributed by atoms with van der Waals surface area (Å²) in [5.41, 5.74) is -0.457. The highest BCUT2D eigenvalue weighted by atomic mass is 19.1. The lowest BCUT2D eigenvalue weighted by Gasteiger charge is -2.54. The first kappa shape index (κ1) is 18.7. The molecule has 5 rings (SSSR count). The van der Waals surface area contributed by atoms with Crippen LogP contribution in [0, 0.1) is 29.1 Å². The second kappa shape index (κ2) is 5.85. The van der Waals surface area contributed by atoms with Gasteiger partial charge >= 0.3 is 0 Å². The maximum absolute atomic E-state index is 13.7. The van der Waals surface area contributed by atoms with Crippen molar-refractivity contribution in [2.24, 2.45) is 29.1 Å². The summed E-state index contributed by atoms with van der Waals surface area (Å²) in [5.74, 6) is 0.327. The Balaban J connectivity index is 1.56. The molecule has 1 heterocycles. The highest BCUT2D eigenvalue weighted by molar-refractivity contribution is 5.92. The van der Waals surface area contributed by atoms with Crippen molar-refractivity contribution in [2.75, 3.05) is 6.67 Å². The first-order chi connectivity index (χ1) is 13.2. The monoisotopic (exact) mass is 388 g/mol. The molecule has 28 heavy (non-hydrogen) atoms. The van der Waals surface area contributed by atoms with Crippen LogP contribution < -0.4 is 0 Å². The van der Waals surface area contributed by atoms with Gasteiger partial charge < -0.3 is 9.47 Å². The fourth-order valence-corrected chi connectivity index (χ4v) is 7.36. The first-order valence-corrected chi connectivity index (χ1v) is 10.6. The van der Waals surface area contributed by atoms with Gasteiger partial charge in [-0.05, 0) is 74.9 Å². The van der Waals surface area contributed by atoms with E-state index < -0.39 is 35.4 Å². The van der Waals surface area contributed by atoms with Crippen LogP contribution in [0.1, 0.15) is 52.9 Å². The summed E-state index contributed by atoms with van der Waals surface area (Å²) in [7, 11) is 0. The number of alkyl halides is 1. The maximum atomic E-state index is 13.7. The van der Waals surface area contributed by atoms with Crippen molar-refractivity contribution in [2.45, 2.75) is 70.4 Å². The lowest BCUT2D eigenvalue weighted by molar-refractivity contribution is -0.211. The molecule has 0 amide bonds. The SMILES string of the molecule is CC1(C)OC2C[C@H]3[C@@H]4C=CC5=CC(=O)CC[C@@H]5[C@H]4CC[C@]3(C)[C@]2(C(=O)CF)O1. The number of halogens is 1. The van der Waals surface area contributed by atoms with E-state index in [-0.39, 0.29) is 11.7 Å². The fraction of sp³-hybridized carbons (Fsp3) is 0.739. The Bertz CT molecular complexity index is 798. The van der Waals surface area contributed by atoms with Crippen LogP contribution in [-0.2, 0) is 19.1 Å². The van der Waals surface area contributed by atoms with E-state index in [4.69, 9.17) is 9.47 Å². The van der Waals surface area contributed by atoms with Crippen LogP contribution in [-0.4, -0.2) is 35.7 Å². The molecule has 3 fully saturated rings. The quantitative estimate of drug-likeness (QED) is 0.719. The van der Waals surface area contributed by atoms with Gasteiger partial charge in [0.2, 0.25) is 0 Å². The molecule has 5 heteroatoms. The van der Waals surface area contributed by atoms with E-state index in [0.717, 1.165) is 25.7 Å². The van der Waals surface area contributed by atoms with Gasteiger partial charge in [0, 0.05) is 11.8 Å². The van der Waals surface area contributed by atoms with Crippen molar-refractivity contribution in [3.63, 3.8) is 0 Å². The highest BCUT2D eigenvalue weighted by Crippen LogP contribution is 2.68. The molecular formula is C23H29FO4. The normalized spacial score (nSPS) is 48.4. The highest BCUT2D eigenvalue weighted by Gasteiger charge is 2.75. The number of carbonyl (C=O) groups excluding carboxylic acids is 2. The van der Waals surface area contributed by atoms with Crippen LogP contribution in [0.2, 0.25) is 0 Å². The maximum Gasteiger partial charge on any atom is 0.198 e. The molecule has 1 unspecified atom stereocenters. The molecule has 0 N–H and O–H groups in total. The molecule has 1 aliphatic heterocycles. The molecule has 7 atom stereocenters. The number of ketones is 2. The topological polar surface area (TPSA) is 52.6 Å². The molecule has 2 saturated carbocycles. The van der Waals surface area contributed by atoms with Crippen molar-refractivity contribution in [3.8, 4) is 0 Å². The number of hydrogen-bond acceptors (Lipinski definition) is 4. The van der Waals surface area contributed by atoms with Gasteiger partial charge in [-0.1, -0.05) is 19.1 Å². The molecule has 0 aromatic carbocycles. The Hall–Kier alpha value is -1.33. The second-order valence-electron chi connectivity index (χ2n) is 10.1. The van der Waals surface area contributed by atoms with Gasteiger partial charge in [-0.15, -0.1) is 0 Å². The molecule has 0 aromatic rings. The minimum Gasteiger partial charge on any atom is -0.344 e. The number of Topliss-reactive ketones (excluding diaryl/α,β-unsaturated/α-hetero) is 1. The average Bonchev–Trinajstić information content (AvgIpc) is 3.06. The summed E-state index contributed by atoms with van der Waals surface area (Å²) in [6, 6.07) is 0. The molecule has 0 bridgehead atoms. The largest absolute Gasteiger partial charge is 0.344 e. The molecule has 4 aliphatic carbocycles. The van der Waals surface area contributed by atoms with E-state index in [1.165, 1.54) is 5.57 Å². The molecule has 5 aliphatic rings. The Morgan fingerprint density at radius 3 is 2.82 bits per heavy atom. The standard InChI is InChI=1S/C23H29FO4/c1-21(2)27-20-11-18-17-6-4-13-10-14(25)5-7-15(13)16(17)8-9-22(18,3)23(20,28-21)19(26)12-24/h4,6,10,15-18,20H,5,7-9,11-12H2,1-3H3/t15-,16+,17+,18-,20?,22-,23+/m0/s1. The molecule has 4 nitrogen and oxygen atoms in total. The molecule has 152 valence electrons.